The fraction of sp³-hybridized carbons (Fsp3) is 0.323. The molecule has 0 saturated carbocycles. The smallest absolute Gasteiger partial charge is 0.253 e. The topological polar surface area (TPSA) is 66.5 Å². The van der Waals surface area contributed by atoms with Gasteiger partial charge in [0.2, 0.25) is 0 Å². The summed E-state index contributed by atoms with van der Waals surface area (Å²) in [6.07, 6.45) is 0.711. The molecular formula is C31H35NO6. The highest BCUT2D eigenvalue weighted by atomic mass is 16.5. The summed E-state index contributed by atoms with van der Waals surface area (Å²) in [6, 6.07) is 17.3. The average molecular weight is 518 g/mol. The van der Waals surface area contributed by atoms with Gasteiger partial charge in [0.1, 0.15) is 5.75 Å². The Labute approximate surface area is 223 Å². The zero-order chi connectivity index (χ0) is 27.4. The number of rotatable bonds is 10. The SMILES string of the molecule is COc1cc2ccc3c(CCN(C)C(=O)c4ccc(OC(C)C)cc4)cc(OC)c(OC)c3c2cc1OC. The maximum absolute atomic E-state index is 13.1. The molecule has 0 aliphatic rings. The Bertz CT molecular complexity index is 1450. The molecule has 4 aromatic carbocycles. The number of likely N-dealkylation sites (N-methyl/N-ethyl adjacent to an activating group) is 1. The van der Waals surface area contributed by atoms with Crippen molar-refractivity contribution in [2.24, 2.45) is 0 Å². The Morgan fingerprint density at radius 2 is 1.45 bits per heavy atom. The van der Waals surface area contributed by atoms with Crippen LogP contribution in [0.15, 0.2) is 54.6 Å². The summed E-state index contributed by atoms with van der Waals surface area (Å²) in [5, 5.41) is 3.91. The Kier molecular flexibility index (Phi) is 8.15. The van der Waals surface area contributed by atoms with Gasteiger partial charge in [-0.3, -0.25) is 4.79 Å². The maximum atomic E-state index is 13.1. The third kappa shape index (κ3) is 5.28. The molecular weight excluding hydrogens is 482 g/mol. The van der Waals surface area contributed by atoms with Crippen molar-refractivity contribution >= 4 is 27.5 Å². The van der Waals surface area contributed by atoms with Gasteiger partial charge in [-0.05, 0) is 84.5 Å². The number of ether oxygens (including phenoxy) is 5. The highest BCUT2D eigenvalue weighted by Gasteiger charge is 2.19. The number of nitrogens with zero attached hydrogens (tertiary/aromatic N) is 1. The molecule has 0 heterocycles. The molecule has 0 atom stereocenters. The zero-order valence-corrected chi connectivity index (χ0v) is 23.1. The van der Waals surface area contributed by atoms with Gasteiger partial charge in [-0.1, -0.05) is 12.1 Å². The lowest BCUT2D eigenvalue weighted by Crippen LogP contribution is -2.28. The van der Waals surface area contributed by atoms with Crippen LogP contribution in [0, 0.1) is 0 Å². The number of fused-ring (bicyclic) bond motifs is 3. The van der Waals surface area contributed by atoms with Crippen LogP contribution in [0.25, 0.3) is 21.5 Å². The van der Waals surface area contributed by atoms with Crippen molar-refractivity contribution in [2.75, 3.05) is 42.0 Å². The van der Waals surface area contributed by atoms with E-state index < -0.39 is 0 Å². The predicted molar refractivity (Wildman–Crippen MR) is 151 cm³/mol. The van der Waals surface area contributed by atoms with Crippen molar-refractivity contribution in [1.82, 2.24) is 4.90 Å². The quantitative estimate of drug-likeness (QED) is 0.236. The minimum atomic E-state index is -0.0480. The van der Waals surface area contributed by atoms with Crippen LogP contribution >= 0.6 is 0 Å². The van der Waals surface area contributed by atoms with E-state index in [-0.39, 0.29) is 12.0 Å². The molecule has 0 bridgehead atoms. The molecule has 0 aliphatic carbocycles. The third-order valence-electron chi connectivity index (χ3n) is 6.59. The van der Waals surface area contributed by atoms with Crippen molar-refractivity contribution in [3.05, 3.63) is 65.7 Å². The summed E-state index contributed by atoms with van der Waals surface area (Å²) >= 11 is 0. The molecule has 4 rings (SSSR count). The van der Waals surface area contributed by atoms with Crippen molar-refractivity contribution < 1.29 is 28.5 Å². The van der Waals surface area contributed by atoms with E-state index in [9.17, 15) is 4.79 Å². The van der Waals surface area contributed by atoms with Crippen LogP contribution in [0.1, 0.15) is 29.8 Å². The summed E-state index contributed by atoms with van der Waals surface area (Å²) in [7, 11) is 8.33. The second-order valence-electron chi connectivity index (χ2n) is 9.36. The molecule has 1 amide bonds. The van der Waals surface area contributed by atoms with Gasteiger partial charge in [0.05, 0.1) is 34.5 Å². The number of carbonyl (C=O) groups is 1. The lowest BCUT2D eigenvalue weighted by atomic mass is 9.95. The van der Waals surface area contributed by atoms with Crippen LogP contribution in [-0.2, 0) is 6.42 Å². The number of methoxy groups -OCH3 is 4. The van der Waals surface area contributed by atoms with E-state index in [2.05, 4.69) is 12.1 Å². The van der Waals surface area contributed by atoms with Crippen molar-refractivity contribution in [1.29, 1.82) is 0 Å². The first-order valence-electron chi connectivity index (χ1n) is 12.6. The molecule has 0 aliphatic heterocycles. The van der Waals surface area contributed by atoms with E-state index in [0.29, 0.717) is 41.5 Å². The Morgan fingerprint density at radius 1 is 0.789 bits per heavy atom. The summed E-state index contributed by atoms with van der Waals surface area (Å²) in [5.74, 6) is 3.27. The van der Waals surface area contributed by atoms with Crippen LogP contribution in [0.4, 0.5) is 0 Å². The summed E-state index contributed by atoms with van der Waals surface area (Å²) in [6.45, 7) is 4.47. The first-order valence-corrected chi connectivity index (χ1v) is 12.6. The van der Waals surface area contributed by atoms with Crippen molar-refractivity contribution in [2.45, 2.75) is 26.4 Å². The number of amides is 1. The fourth-order valence-corrected chi connectivity index (χ4v) is 4.71. The van der Waals surface area contributed by atoms with Gasteiger partial charge >= 0.3 is 0 Å². The molecule has 0 N–H and O–H groups in total. The third-order valence-corrected chi connectivity index (χ3v) is 6.59. The van der Waals surface area contributed by atoms with Gasteiger partial charge in [0, 0.05) is 24.5 Å². The Balaban J connectivity index is 1.69. The maximum Gasteiger partial charge on any atom is 0.253 e. The normalized spacial score (nSPS) is 11.1. The number of benzene rings is 4. The number of hydrogen-bond donors (Lipinski definition) is 0. The standard InChI is InChI=1S/C31H35NO6/c1-19(2)38-23-11-8-20(9-12-23)31(33)32(3)15-14-22-17-28(36-6)30(37-7)29-24(22)13-10-21-16-26(34-4)27(35-5)18-25(21)29/h8-13,16-19H,14-15H2,1-7H3. The first-order chi connectivity index (χ1) is 18.3. The van der Waals surface area contributed by atoms with Gasteiger partial charge in [-0.2, -0.15) is 0 Å². The summed E-state index contributed by atoms with van der Waals surface area (Å²) in [4.78, 5) is 14.8. The first kappa shape index (κ1) is 26.9. The molecule has 0 radical (unpaired) electrons. The number of carbonyl (C=O) groups excluding carboxylic acids is 1. The molecule has 0 aromatic heterocycles. The van der Waals surface area contributed by atoms with E-state index in [1.807, 2.05) is 51.2 Å². The van der Waals surface area contributed by atoms with Crippen molar-refractivity contribution in [3.63, 3.8) is 0 Å². The molecule has 0 unspecified atom stereocenters. The van der Waals surface area contributed by atoms with Crippen LogP contribution in [0.2, 0.25) is 0 Å². The minimum absolute atomic E-state index is 0.0480. The second-order valence-corrected chi connectivity index (χ2v) is 9.36. The molecule has 4 aromatic rings. The van der Waals surface area contributed by atoms with Gasteiger partial charge < -0.3 is 28.6 Å². The van der Waals surface area contributed by atoms with E-state index in [1.165, 1.54) is 0 Å². The van der Waals surface area contributed by atoms with Gasteiger partial charge in [-0.15, -0.1) is 0 Å². The average Bonchev–Trinajstić information content (AvgIpc) is 2.93. The van der Waals surface area contributed by atoms with Gasteiger partial charge in [-0.25, -0.2) is 0 Å². The molecule has 7 heteroatoms. The van der Waals surface area contributed by atoms with E-state index in [0.717, 1.165) is 32.9 Å². The fourth-order valence-electron chi connectivity index (χ4n) is 4.71. The lowest BCUT2D eigenvalue weighted by molar-refractivity contribution is 0.0796. The zero-order valence-electron chi connectivity index (χ0n) is 23.1. The minimum Gasteiger partial charge on any atom is -0.493 e. The Morgan fingerprint density at radius 3 is 2.05 bits per heavy atom. The second kappa shape index (κ2) is 11.5. The molecule has 7 nitrogen and oxygen atoms in total. The highest BCUT2D eigenvalue weighted by Crippen LogP contribution is 2.44. The van der Waals surface area contributed by atoms with Crippen LogP contribution < -0.4 is 23.7 Å². The van der Waals surface area contributed by atoms with Crippen LogP contribution in [-0.4, -0.2) is 58.9 Å². The van der Waals surface area contributed by atoms with E-state index in [4.69, 9.17) is 23.7 Å². The number of hydrogen-bond acceptors (Lipinski definition) is 6. The molecule has 0 saturated heterocycles. The molecule has 38 heavy (non-hydrogen) atoms. The monoisotopic (exact) mass is 517 g/mol. The van der Waals surface area contributed by atoms with Crippen LogP contribution in [0.5, 0.6) is 28.7 Å². The molecule has 200 valence electrons. The van der Waals surface area contributed by atoms with Gasteiger partial charge in [0.25, 0.3) is 5.91 Å². The van der Waals surface area contributed by atoms with Gasteiger partial charge in [0.15, 0.2) is 23.0 Å². The van der Waals surface area contributed by atoms with Crippen LogP contribution in [0.3, 0.4) is 0 Å². The lowest BCUT2D eigenvalue weighted by Gasteiger charge is -2.20. The summed E-state index contributed by atoms with van der Waals surface area (Å²) < 4.78 is 28.3. The molecule has 0 fully saturated rings. The highest BCUT2D eigenvalue weighted by molar-refractivity contribution is 6.13. The Hall–Kier alpha value is -4.13. The van der Waals surface area contributed by atoms with E-state index in [1.54, 1.807) is 45.5 Å². The van der Waals surface area contributed by atoms with Crippen molar-refractivity contribution in [3.8, 4) is 28.7 Å². The summed E-state index contributed by atoms with van der Waals surface area (Å²) in [5.41, 5.74) is 1.67. The predicted octanol–water partition coefficient (Wildman–Crippen LogP) is 6.13. The molecule has 0 spiro atoms. The van der Waals surface area contributed by atoms with E-state index >= 15 is 0 Å². The largest absolute Gasteiger partial charge is 0.493 e.